The molecule has 10 atom stereocenters. The zero-order valence-electron chi connectivity index (χ0n) is 20.3. The van der Waals surface area contributed by atoms with Gasteiger partial charge in [-0.25, -0.2) is 9.13 Å². The highest BCUT2D eigenvalue weighted by atomic mass is 31.2. The second-order valence-electron chi connectivity index (χ2n) is 9.83. The lowest BCUT2D eigenvalue weighted by molar-refractivity contribution is -0.364. The number of ether oxygens (including phenoxy) is 4. The number of aliphatic hydroxyl groups excluding tert-OH is 5. The van der Waals surface area contributed by atoms with E-state index in [2.05, 4.69) is 4.52 Å². The van der Waals surface area contributed by atoms with E-state index in [0.717, 1.165) is 0 Å². The van der Waals surface area contributed by atoms with Gasteiger partial charge in [0.05, 0.1) is 13.2 Å². The number of aliphatic hydroxyl groups is 5. The number of phosphoric acid groups is 2. The first kappa shape index (κ1) is 33.3. The minimum absolute atomic E-state index is 0.0275. The lowest BCUT2D eigenvalue weighted by Gasteiger charge is -2.47. The summed E-state index contributed by atoms with van der Waals surface area (Å²) in [5, 5.41) is 49.7. The van der Waals surface area contributed by atoms with Crippen LogP contribution in [0.15, 0.2) is 0 Å². The predicted molar refractivity (Wildman–Crippen MR) is 122 cm³/mol. The summed E-state index contributed by atoms with van der Waals surface area (Å²) >= 11 is 0. The van der Waals surface area contributed by atoms with Crippen molar-refractivity contribution in [2.75, 3.05) is 19.8 Å². The molecule has 2 saturated heterocycles. The van der Waals surface area contributed by atoms with Crippen LogP contribution in [0.4, 0.5) is 0 Å². The third kappa shape index (κ3) is 9.89. The summed E-state index contributed by atoms with van der Waals surface area (Å²) in [5.41, 5.74) is 0. The second kappa shape index (κ2) is 13.2. The van der Waals surface area contributed by atoms with E-state index in [4.69, 9.17) is 23.5 Å². The maximum absolute atomic E-state index is 11.8. The number of rotatable bonds is 12. The molecule has 220 valence electrons. The van der Waals surface area contributed by atoms with Crippen molar-refractivity contribution in [3.05, 3.63) is 0 Å². The maximum atomic E-state index is 11.8. The van der Waals surface area contributed by atoms with Crippen LogP contribution in [-0.2, 0) is 37.1 Å². The van der Waals surface area contributed by atoms with Gasteiger partial charge >= 0.3 is 15.6 Å². The van der Waals surface area contributed by atoms with Gasteiger partial charge in [0.2, 0.25) is 0 Å². The van der Waals surface area contributed by atoms with Crippen molar-refractivity contribution in [3.63, 3.8) is 0 Å². The summed E-state index contributed by atoms with van der Waals surface area (Å²) in [6, 6.07) is 0.565. The summed E-state index contributed by atoms with van der Waals surface area (Å²) < 4.78 is 54.9. The fraction of sp³-hybridized carbons (Fsp3) is 1.00. The van der Waals surface area contributed by atoms with Gasteiger partial charge in [0.15, 0.2) is 12.6 Å². The van der Waals surface area contributed by atoms with Crippen LogP contribution < -0.4 is 0 Å². The van der Waals surface area contributed by atoms with Crippen molar-refractivity contribution >= 4 is 23.7 Å². The van der Waals surface area contributed by atoms with Gasteiger partial charge in [0.1, 0.15) is 48.8 Å². The van der Waals surface area contributed by atoms with Gasteiger partial charge in [-0.3, -0.25) is 9.05 Å². The Kier molecular flexibility index (Phi) is 11.8. The largest absolute Gasteiger partial charge is 0.470 e. The molecular weight excluding hydrogens is 566 g/mol. The highest BCUT2D eigenvalue weighted by molar-refractivity contribution is 7.46. The minimum Gasteiger partial charge on any atom is -0.394 e. The van der Waals surface area contributed by atoms with Crippen molar-refractivity contribution < 1.29 is 82.2 Å². The van der Waals surface area contributed by atoms with Gasteiger partial charge < -0.3 is 64.1 Å². The molecule has 0 amide bonds. The molecule has 2 rings (SSSR count). The molecule has 0 radical (unpaired) electrons. The molecule has 2 aliphatic heterocycles. The van der Waals surface area contributed by atoms with Crippen molar-refractivity contribution in [3.8, 4) is 0 Å². The van der Waals surface area contributed by atoms with E-state index < -0.39 is 98.3 Å². The van der Waals surface area contributed by atoms with Crippen LogP contribution in [0.25, 0.3) is 0 Å². The normalized spacial score (nSPS) is 38.1. The molecule has 9 N–H and O–H groups in total. The van der Waals surface area contributed by atoms with E-state index >= 15 is 0 Å². The van der Waals surface area contributed by atoms with E-state index in [-0.39, 0.29) is 6.61 Å². The fourth-order valence-electron chi connectivity index (χ4n) is 3.68. The Labute approximate surface area is 213 Å². The average Bonchev–Trinajstić information content (AvgIpc) is 2.74. The zero-order chi connectivity index (χ0) is 28.3. The molecule has 0 aromatic heterocycles. The van der Waals surface area contributed by atoms with Crippen LogP contribution in [-0.4, -0.2) is 134 Å². The van der Waals surface area contributed by atoms with Crippen molar-refractivity contribution in [2.45, 2.75) is 87.1 Å². The number of hydrogen-bond donors (Lipinski definition) is 9. The smallest absolute Gasteiger partial charge is 0.394 e. The molecule has 0 aromatic carbocycles. The van der Waals surface area contributed by atoms with Crippen LogP contribution in [0.1, 0.15) is 0 Å². The molecule has 37 heavy (non-hydrogen) atoms. The molecule has 0 unspecified atom stereocenters. The minimum atomic E-state index is -5.43. The Balaban J connectivity index is 2.48. The lowest BCUT2D eigenvalue weighted by Crippen LogP contribution is -2.65. The molecule has 20 heteroatoms. The quantitative estimate of drug-likeness (QED) is 0.0806. The van der Waals surface area contributed by atoms with Gasteiger partial charge in [-0.1, -0.05) is 19.6 Å². The van der Waals surface area contributed by atoms with Crippen LogP contribution in [0, 0.1) is 0 Å². The van der Waals surface area contributed by atoms with E-state index in [1.165, 1.54) is 0 Å². The van der Waals surface area contributed by atoms with Crippen LogP contribution >= 0.6 is 15.6 Å². The van der Waals surface area contributed by atoms with E-state index in [9.17, 15) is 54.2 Å². The SMILES string of the molecule is C[Si](C)(C)CCO[C@@H]1O[C@H](CO)[C@H](OP(=O)(O)O)[C@H](OP(=O)(O)O)[C@H]1O[C@@H]1O[C@H](CO)[C@H](O)[C@H](O)[C@H]1O. The summed E-state index contributed by atoms with van der Waals surface area (Å²) in [6.45, 7) is 4.34. The van der Waals surface area contributed by atoms with Gasteiger partial charge in [0, 0.05) is 14.7 Å². The second-order valence-corrected chi connectivity index (χ2v) is 17.8. The molecular formula is C17H36O17P2Si. The first-order chi connectivity index (χ1) is 16.9. The topological polar surface area (TPSA) is 272 Å². The van der Waals surface area contributed by atoms with Gasteiger partial charge in [-0.05, 0) is 6.04 Å². The van der Waals surface area contributed by atoms with Crippen molar-refractivity contribution in [1.29, 1.82) is 0 Å². The zero-order valence-corrected chi connectivity index (χ0v) is 23.1. The highest BCUT2D eigenvalue weighted by Crippen LogP contribution is 2.47. The molecule has 0 saturated carbocycles. The average molecular weight is 602 g/mol. The van der Waals surface area contributed by atoms with E-state index in [1.807, 2.05) is 19.6 Å². The van der Waals surface area contributed by atoms with Gasteiger partial charge in [-0.2, -0.15) is 0 Å². The maximum Gasteiger partial charge on any atom is 0.470 e. The van der Waals surface area contributed by atoms with E-state index in [1.54, 1.807) is 0 Å². The first-order valence-corrected chi connectivity index (χ1v) is 18.0. The van der Waals surface area contributed by atoms with Gasteiger partial charge in [-0.15, -0.1) is 0 Å². The molecule has 0 spiro atoms. The lowest BCUT2D eigenvalue weighted by atomic mass is 9.97. The Bertz CT molecular complexity index is 814. The first-order valence-electron chi connectivity index (χ1n) is 11.2. The summed E-state index contributed by atoms with van der Waals surface area (Å²) in [4.78, 5) is 37.7. The predicted octanol–water partition coefficient (Wildman–Crippen LogP) is -2.80. The van der Waals surface area contributed by atoms with Gasteiger partial charge in [0.25, 0.3) is 0 Å². The molecule has 17 nitrogen and oxygen atoms in total. The Morgan fingerprint density at radius 1 is 0.730 bits per heavy atom. The third-order valence-electron chi connectivity index (χ3n) is 5.56. The third-order valence-corrected chi connectivity index (χ3v) is 8.30. The fourth-order valence-corrected chi connectivity index (χ4v) is 5.54. The summed E-state index contributed by atoms with van der Waals surface area (Å²) in [7, 11) is -12.5. The molecule has 2 heterocycles. The Hall–Kier alpha value is 0.0769. The highest BCUT2D eigenvalue weighted by Gasteiger charge is 2.55. The van der Waals surface area contributed by atoms with Crippen LogP contribution in [0.5, 0.6) is 0 Å². The molecule has 2 aliphatic rings. The summed E-state index contributed by atoms with van der Waals surface area (Å²) in [6.07, 6.45) is -18.1. The monoisotopic (exact) mass is 602 g/mol. The van der Waals surface area contributed by atoms with Crippen LogP contribution in [0.3, 0.4) is 0 Å². The molecule has 2 fully saturated rings. The van der Waals surface area contributed by atoms with Crippen molar-refractivity contribution in [1.82, 2.24) is 0 Å². The number of phosphoric ester groups is 2. The molecule has 0 aliphatic carbocycles. The molecule has 0 aromatic rings. The van der Waals surface area contributed by atoms with E-state index in [0.29, 0.717) is 6.04 Å². The Morgan fingerprint density at radius 2 is 1.24 bits per heavy atom. The standard InChI is InChI=1S/C17H36O17P2Si/c1-37(2,3)5-4-29-17-15(32-16-12(22)11(21)10(20)8(6-18)30-16)14(34-36(26,27)28)13(9(7-19)31-17)33-35(23,24)25/h8-22H,4-7H2,1-3H3,(H2,23,24,25)(H2,26,27,28)/t8-,9-,10+,11+,12-,13+,14+,15-,16+,17-/m1/s1. The number of hydrogen-bond acceptors (Lipinski definition) is 13. The van der Waals surface area contributed by atoms with Crippen LogP contribution in [0.2, 0.25) is 25.7 Å². The molecule has 0 bridgehead atoms. The Morgan fingerprint density at radius 3 is 1.73 bits per heavy atom. The van der Waals surface area contributed by atoms with Crippen molar-refractivity contribution in [2.24, 2.45) is 0 Å². The summed E-state index contributed by atoms with van der Waals surface area (Å²) in [5.74, 6) is 0.